The lowest BCUT2D eigenvalue weighted by Crippen LogP contribution is -2.34. The molecular weight excluding hydrogens is 333 g/mol. The van der Waals surface area contributed by atoms with Gasteiger partial charge in [0.1, 0.15) is 6.54 Å². The van der Waals surface area contributed by atoms with Gasteiger partial charge in [0.2, 0.25) is 5.91 Å². The molecule has 0 spiro atoms. The molecule has 0 heterocycles. The van der Waals surface area contributed by atoms with E-state index in [1.807, 2.05) is 5.32 Å². The molecule has 2 bridgehead atoms. The smallest absolute Gasteiger partial charge is 0.343 e. The summed E-state index contributed by atoms with van der Waals surface area (Å²) >= 11 is 0. The minimum absolute atomic E-state index is 0.0352. The van der Waals surface area contributed by atoms with E-state index in [1.165, 1.54) is 31.4 Å². The van der Waals surface area contributed by atoms with Gasteiger partial charge in [-0.1, -0.05) is 18.6 Å². The number of alkyl halides is 3. The Morgan fingerprint density at radius 2 is 1.88 bits per heavy atom. The van der Waals surface area contributed by atoms with Crippen molar-refractivity contribution in [2.24, 2.45) is 17.8 Å². The maximum Gasteiger partial charge on any atom is 0.405 e. The van der Waals surface area contributed by atoms with Gasteiger partial charge in [-0.3, -0.25) is 9.59 Å². The lowest BCUT2D eigenvalue weighted by atomic mass is 9.86. The second-order valence-electron chi connectivity index (χ2n) is 7.03. The van der Waals surface area contributed by atoms with Gasteiger partial charge in [0.05, 0.1) is 11.3 Å². The summed E-state index contributed by atoms with van der Waals surface area (Å²) in [5.74, 6) is 0.691. The Morgan fingerprint density at radius 3 is 2.52 bits per heavy atom. The first-order valence-electron chi connectivity index (χ1n) is 8.55. The van der Waals surface area contributed by atoms with Crippen molar-refractivity contribution in [2.45, 2.75) is 38.3 Å². The number of amides is 2. The predicted octanol–water partition coefficient (Wildman–Crippen LogP) is 3.74. The third-order valence-electron chi connectivity index (χ3n) is 5.23. The second kappa shape index (κ2) is 7.06. The zero-order valence-corrected chi connectivity index (χ0v) is 13.7. The minimum Gasteiger partial charge on any atom is -0.343 e. The van der Waals surface area contributed by atoms with Crippen molar-refractivity contribution in [3.63, 3.8) is 0 Å². The first-order chi connectivity index (χ1) is 11.8. The third-order valence-corrected chi connectivity index (χ3v) is 5.23. The molecule has 25 heavy (non-hydrogen) atoms. The number of benzene rings is 1. The molecule has 2 N–H and O–H groups in total. The lowest BCUT2D eigenvalue weighted by molar-refractivity contribution is -0.123. The molecule has 2 amide bonds. The molecule has 0 radical (unpaired) electrons. The predicted molar refractivity (Wildman–Crippen MR) is 87.0 cm³/mol. The molecule has 0 saturated heterocycles. The molecule has 2 saturated carbocycles. The summed E-state index contributed by atoms with van der Waals surface area (Å²) in [4.78, 5) is 24.3. The van der Waals surface area contributed by atoms with Crippen LogP contribution in [0.1, 0.15) is 42.5 Å². The van der Waals surface area contributed by atoms with Crippen LogP contribution in [0.4, 0.5) is 18.9 Å². The van der Waals surface area contributed by atoms with Crippen LogP contribution in [-0.4, -0.2) is 24.5 Å². The number of fused-ring (bicyclic) bond motifs is 2. The first-order valence-corrected chi connectivity index (χ1v) is 8.55. The number of hydrogen-bond acceptors (Lipinski definition) is 2. The Morgan fingerprint density at radius 1 is 1.12 bits per heavy atom. The zero-order valence-electron chi connectivity index (χ0n) is 13.7. The Kier molecular flexibility index (Phi) is 5.01. The summed E-state index contributed by atoms with van der Waals surface area (Å²) in [6.45, 7) is -1.40. The molecular formula is C18H21F3N2O2. The average molecular weight is 354 g/mol. The number of halogens is 3. The fourth-order valence-electron chi connectivity index (χ4n) is 4.13. The Hall–Kier alpha value is -2.05. The highest BCUT2D eigenvalue weighted by molar-refractivity contribution is 6.03. The maximum absolute atomic E-state index is 12.3. The lowest BCUT2D eigenvalue weighted by Gasteiger charge is -2.21. The number of nitrogens with one attached hydrogen (secondary N) is 2. The first kappa shape index (κ1) is 17.8. The van der Waals surface area contributed by atoms with Crippen LogP contribution in [-0.2, 0) is 4.79 Å². The van der Waals surface area contributed by atoms with Crippen LogP contribution in [0.2, 0.25) is 0 Å². The third kappa shape index (κ3) is 4.52. The van der Waals surface area contributed by atoms with Gasteiger partial charge in [-0.05, 0) is 49.1 Å². The standard InChI is InChI=1S/C18H21F3N2O2/c19-18(20,21)10-22-17(25)14-3-1-2-4-15(14)23-16(24)9-13-8-11-5-6-12(13)7-11/h1-4,11-13H,5-10H2,(H,22,25)(H,23,24). The van der Waals surface area contributed by atoms with Crippen LogP contribution in [0, 0.1) is 17.8 Å². The number of carbonyl (C=O) groups excluding carboxylic acids is 2. The molecule has 3 rings (SSSR count). The molecule has 3 atom stereocenters. The summed E-state index contributed by atoms with van der Waals surface area (Å²) in [6, 6.07) is 6.11. The second-order valence-corrected chi connectivity index (χ2v) is 7.03. The van der Waals surface area contributed by atoms with Crippen molar-refractivity contribution < 1.29 is 22.8 Å². The Labute approximate surface area is 144 Å². The number of anilines is 1. The van der Waals surface area contributed by atoms with Crippen LogP contribution in [0.5, 0.6) is 0 Å². The van der Waals surface area contributed by atoms with Gasteiger partial charge in [-0.25, -0.2) is 0 Å². The van der Waals surface area contributed by atoms with E-state index in [1.54, 1.807) is 12.1 Å². The van der Waals surface area contributed by atoms with Gasteiger partial charge in [-0.2, -0.15) is 13.2 Å². The number of para-hydroxylation sites is 1. The number of carbonyl (C=O) groups is 2. The highest BCUT2D eigenvalue weighted by Crippen LogP contribution is 2.49. The van der Waals surface area contributed by atoms with Gasteiger partial charge in [-0.15, -0.1) is 0 Å². The van der Waals surface area contributed by atoms with Crippen molar-refractivity contribution in [2.75, 3.05) is 11.9 Å². The average Bonchev–Trinajstić information content (AvgIpc) is 3.15. The number of rotatable bonds is 5. The van der Waals surface area contributed by atoms with E-state index in [4.69, 9.17) is 0 Å². The molecule has 7 heteroatoms. The molecule has 4 nitrogen and oxygen atoms in total. The van der Waals surface area contributed by atoms with Crippen molar-refractivity contribution in [3.8, 4) is 0 Å². The van der Waals surface area contributed by atoms with E-state index in [-0.39, 0.29) is 17.2 Å². The van der Waals surface area contributed by atoms with E-state index >= 15 is 0 Å². The van der Waals surface area contributed by atoms with Crippen LogP contribution in [0.25, 0.3) is 0 Å². The molecule has 0 aromatic heterocycles. The van der Waals surface area contributed by atoms with Crippen molar-refractivity contribution >= 4 is 17.5 Å². The van der Waals surface area contributed by atoms with Gasteiger partial charge in [0.15, 0.2) is 0 Å². The molecule has 2 fully saturated rings. The number of hydrogen-bond donors (Lipinski definition) is 2. The monoisotopic (exact) mass is 354 g/mol. The highest BCUT2D eigenvalue weighted by atomic mass is 19.4. The fourth-order valence-corrected chi connectivity index (χ4v) is 4.13. The summed E-state index contributed by atoms with van der Waals surface area (Å²) in [7, 11) is 0. The summed E-state index contributed by atoms with van der Waals surface area (Å²) in [5.41, 5.74) is 0.281. The molecule has 3 unspecified atom stereocenters. The van der Waals surface area contributed by atoms with E-state index in [2.05, 4.69) is 5.32 Å². The van der Waals surface area contributed by atoms with E-state index in [0.717, 1.165) is 12.3 Å². The van der Waals surface area contributed by atoms with Crippen molar-refractivity contribution in [3.05, 3.63) is 29.8 Å². The van der Waals surface area contributed by atoms with Crippen LogP contribution in [0.15, 0.2) is 24.3 Å². The van der Waals surface area contributed by atoms with Gasteiger partial charge in [0.25, 0.3) is 5.91 Å². The largest absolute Gasteiger partial charge is 0.405 e. The topological polar surface area (TPSA) is 58.2 Å². The minimum atomic E-state index is -4.48. The van der Waals surface area contributed by atoms with E-state index < -0.39 is 18.6 Å². The van der Waals surface area contributed by atoms with Gasteiger partial charge >= 0.3 is 6.18 Å². The summed E-state index contributed by atoms with van der Waals surface area (Å²) in [6.07, 6.45) is 0.638. The maximum atomic E-state index is 12.3. The SMILES string of the molecule is O=C(CC1CC2CCC1C2)Nc1ccccc1C(=O)NCC(F)(F)F. The fraction of sp³-hybridized carbons (Fsp3) is 0.556. The van der Waals surface area contributed by atoms with Crippen molar-refractivity contribution in [1.29, 1.82) is 0 Å². The van der Waals surface area contributed by atoms with Crippen molar-refractivity contribution in [1.82, 2.24) is 5.32 Å². The molecule has 1 aromatic rings. The summed E-state index contributed by atoms with van der Waals surface area (Å²) < 4.78 is 36.8. The van der Waals surface area contributed by atoms with Crippen LogP contribution >= 0.6 is 0 Å². The molecule has 2 aliphatic carbocycles. The Bertz CT molecular complexity index is 660. The Balaban J connectivity index is 1.60. The van der Waals surface area contributed by atoms with Crippen LogP contribution in [0.3, 0.4) is 0 Å². The molecule has 136 valence electrons. The molecule has 2 aliphatic rings. The normalized spacial score (nSPS) is 25.0. The van der Waals surface area contributed by atoms with E-state index in [0.29, 0.717) is 18.3 Å². The zero-order chi connectivity index (χ0) is 18.0. The molecule has 1 aromatic carbocycles. The van der Waals surface area contributed by atoms with E-state index in [9.17, 15) is 22.8 Å². The molecule has 0 aliphatic heterocycles. The highest BCUT2D eigenvalue weighted by Gasteiger charge is 2.40. The van der Waals surface area contributed by atoms with Gasteiger partial charge < -0.3 is 10.6 Å². The quantitative estimate of drug-likeness (QED) is 0.846. The van der Waals surface area contributed by atoms with Crippen LogP contribution < -0.4 is 10.6 Å². The van der Waals surface area contributed by atoms with Gasteiger partial charge in [0, 0.05) is 6.42 Å². The summed E-state index contributed by atoms with van der Waals surface area (Å²) in [5, 5.41) is 4.53.